The van der Waals surface area contributed by atoms with Crippen molar-refractivity contribution in [3.05, 3.63) is 92.8 Å². The zero-order chi connectivity index (χ0) is 23.8. The molecule has 1 fully saturated rings. The minimum absolute atomic E-state index is 0.0225. The standard InChI is InChI=1S/C25H23ClN4O4/c1-17-12-22-24(34-17)15-23(29(22)16-18-4-2-7-21(13-18)30(32)33)25(31)28-10-8-27(9-11-28)20-6-3-5-19(26)14-20/h2-7,12-15H,8-11,16H2,1H3. The van der Waals surface area contributed by atoms with Gasteiger partial charge in [-0.25, -0.2) is 0 Å². The molecule has 0 saturated carbocycles. The van der Waals surface area contributed by atoms with E-state index in [0.717, 1.165) is 22.5 Å². The van der Waals surface area contributed by atoms with Crippen LogP contribution in [-0.2, 0) is 6.54 Å². The van der Waals surface area contributed by atoms with E-state index >= 15 is 0 Å². The van der Waals surface area contributed by atoms with Crippen LogP contribution in [0.2, 0.25) is 5.02 Å². The monoisotopic (exact) mass is 478 g/mol. The van der Waals surface area contributed by atoms with Gasteiger partial charge in [-0.2, -0.15) is 0 Å². The van der Waals surface area contributed by atoms with Gasteiger partial charge in [0.05, 0.1) is 10.4 Å². The summed E-state index contributed by atoms with van der Waals surface area (Å²) in [6.07, 6.45) is 0. The van der Waals surface area contributed by atoms with Gasteiger partial charge in [0, 0.05) is 67.7 Å². The SMILES string of the molecule is Cc1cc2c(cc(C(=O)N3CCN(c4cccc(Cl)c4)CC3)n2Cc2cccc([N+](=O)[O-])c2)o1. The van der Waals surface area contributed by atoms with Crippen LogP contribution in [-0.4, -0.2) is 46.5 Å². The molecule has 4 aromatic rings. The van der Waals surface area contributed by atoms with Gasteiger partial charge in [0.15, 0.2) is 5.58 Å². The Hall–Kier alpha value is -3.78. The maximum absolute atomic E-state index is 13.6. The number of furan rings is 1. The number of aryl methyl sites for hydroxylation is 1. The van der Waals surface area contributed by atoms with Crippen molar-refractivity contribution in [1.82, 2.24) is 9.47 Å². The molecule has 0 spiro atoms. The molecule has 3 heterocycles. The number of piperazine rings is 1. The maximum atomic E-state index is 13.6. The zero-order valence-corrected chi connectivity index (χ0v) is 19.4. The Kier molecular flexibility index (Phi) is 5.75. The van der Waals surface area contributed by atoms with Crippen LogP contribution in [0.3, 0.4) is 0 Å². The number of nitro benzene ring substituents is 1. The van der Waals surface area contributed by atoms with E-state index < -0.39 is 4.92 Å². The first-order chi connectivity index (χ1) is 16.4. The maximum Gasteiger partial charge on any atom is 0.270 e. The highest BCUT2D eigenvalue weighted by molar-refractivity contribution is 6.30. The largest absolute Gasteiger partial charge is 0.460 e. The van der Waals surface area contributed by atoms with Gasteiger partial charge in [-0.05, 0) is 30.7 Å². The Morgan fingerprint density at radius 1 is 1.06 bits per heavy atom. The highest BCUT2D eigenvalue weighted by atomic mass is 35.5. The number of carbonyl (C=O) groups excluding carboxylic acids is 1. The molecule has 2 aromatic heterocycles. The number of aromatic nitrogens is 1. The molecule has 34 heavy (non-hydrogen) atoms. The lowest BCUT2D eigenvalue weighted by Gasteiger charge is -2.36. The molecule has 2 aromatic carbocycles. The lowest BCUT2D eigenvalue weighted by molar-refractivity contribution is -0.384. The summed E-state index contributed by atoms with van der Waals surface area (Å²) < 4.78 is 7.68. The van der Waals surface area contributed by atoms with Crippen molar-refractivity contribution < 1.29 is 14.1 Å². The quantitative estimate of drug-likeness (QED) is 0.294. The van der Waals surface area contributed by atoms with E-state index in [2.05, 4.69) is 4.90 Å². The lowest BCUT2D eigenvalue weighted by atomic mass is 10.2. The number of fused-ring (bicyclic) bond motifs is 1. The summed E-state index contributed by atoms with van der Waals surface area (Å²) in [7, 11) is 0. The molecular formula is C25H23ClN4O4. The van der Waals surface area contributed by atoms with Gasteiger partial charge in [0.2, 0.25) is 0 Å². The van der Waals surface area contributed by atoms with Gasteiger partial charge in [-0.15, -0.1) is 0 Å². The molecule has 9 heteroatoms. The number of hydrogen-bond donors (Lipinski definition) is 0. The number of nitro groups is 1. The molecule has 8 nitrogen and oxygen atoms in total. The molecule has 0 aliphatic carbocycles. The molecule has 1 amide bonds. The van der Waals surface area contributed by atoms with E-state index in [4.69, 9.17) is 16.0 Å². The van der Waals surface area contributed by atoms with E-state index in [1.165, 1.54) is 12.1 Å². The molecule has 0 radical (unpaired) electrons. The number of benzene rings is 2. The molecule has 1 aliphatic rings. The van der Waals surface area contributed by atoms with Gasteiger partial charge >= 0.3 is 0 Å². The van der Waals surface area contributed by atoms with E-state index in [1.54, 1.807) is 12.1 Å². The van der Waals surface area contributed by atoms with Crippen molar-refractivity contribution >= 4 is 40.0 Å². The predicted octanol–water partition coefficient (Wildman–Crippen LogP) is 5.12. The van der Waals surface area contributed by atoms with Crippen LogP contribution in [0.25, 0.3) is 11.1 Å². The molecule has 1 aliphatic heterocycles. The summed E-state index contributed by atoms with van der Waals surface area (Å²) in [5.74, 6) is 0.659. The van der Waals surface area contributed by atoms with Crippen LogP contribution < -0.4 is 4.90 Å². The minimum Gasteiger partial charge on any atom is -0.460 e. The predicted molar refractivity (Wildman–Crippen MR) is 131 cm³/mol. The summed E-state index contributed by atoms with van der Waals surface area (Å²) in [6, 6.07) is 17.9. The third-order valence-electron chi connectivity index (χ3n) is 6.13. The van der Waals surface area contributed by atoms with Gasteiger partial charge in [0.1, 0.15) is 11.5 Å². The molecule has 0 bridgehead atoms. The van der Waals surface area contributed by atoms with Crippen molar-refractivity contribution in [3.8, 4) is 0 Å². The average Bonchev–Trinajstić information content (AvgIpc) is 3.35. The summed E-state index contributed by atoms with van der Waals surface area (Å²) in [4.78, 5) is 28.4. The Bertz CT molecular complexity index is 1380. The van der Waals surface area contributed by atoms with Crippen LogP contribution in [0, 0.1) is 17.0 Å². The average molecular weight is 479 g/mol. The lowest BCUT2D eigenvalue weighted by Crippen LogP contribution is -2.49. The second kappa shape index (κ2) is 8.87. The highest BCUT2D eigenvalue weighted by Crippen LogP contribution is 2.27. The van der Waals surface area contributed by atoms with Gasteiger partial charge in [-0.1, -0.05) is 29.8 Å². The molecule has 174 valence electrons. The fourth-order valence-electron chi connectivity index (χ4n) is 4.47. The van der Waals surface area contributed by atoms with Crippen molar-refractivity contribution in [2.24, 2.45) is 0 Å². The normalized spacial score (nSPS) is 14.1. The van der Waals surface area contributed by atoms with Gasteiger partial charge in [0.25, 0.3) is 11.6 Å². The number of halogens is 1. The van der Waals surface area contributed by atoms with E-state index in [1.807, 2.05) is 52.8 Å². The van der Waals surface area contributed by atoms with Gasteiger partial charge < -0.3 is 18.8 Å². The zero-order valence-electron chi connectivity index (χ0n) is 18.6. The first-order valence-electron chi connectivity index (χ1n) is 11.0. The van der Waals surface area contributed by atoms with Gasteiger partial charge in [-0.3, -0.25) is 14.9 Å². The Morgan fingerprint density at radius 3 is 2.56 bits per heavy atom. The van der Waals surface area contributed by atoms with Crippen LogP contribution in [0.15, 0.2) is 65.1 Å². The Morgan fingerprint density at radius 2 is 1.82 bits per heavy atom. The summed E-state index contributed by atoms with van der Waals surface area (Å²) >= 11 is 6.13. The number of nitrogens with zero attached hydrogens (tertiary/aromatic N) is 4. The number of anilines is 1. The van der Waals surface area contributed by atoms with Crippen molar-refractivity contribution in [3.63, 3.8) is 0 Å². The summed E-state index contributed by atoms with van der Waals surface area (Å²) in [5, 5.41) is 11.9. The third-order valence-corrected chi connectivity index (χ3v) is 6.37. The number of rotatable bonds is 5. The number of amides is 1. The van der Waals surface area contributed by atoms with Crippen molar-refractivity contribution in [1.29, 1.82) is 0 Å². The van der Waals surface area contributed by atoms with Crippen molar-refractivity contribution in [2.75, 3.05) is 31.1 Å². The molecule has 0 unspecified atom stereocenters. The second-order valence-corrected chi connectivity index (χ2v) is 8.84. The van der Waals surface area contributed by atoms with Crippen LogP contribution in [0.1, 0.15) is 21.8 Å². The van der Waals surface area contributed by atoms with Crippen LogP contribution in [0.5, 0.6) is 0 Å². The molecule has 1 saturated heterocycles. The molecular weight excluding hydrogens is 456 g/mol. The number of carbonyl (C=O) groups is 1. The highest BCUT2D eigenvalue weighted by Gasteiger charge is 2.27. The fraction of sp³-hybridized carbons (Fsp3) is 0.240. The van der Waals surface area contributed by atoms with Crippen LogP contribution in [0.4, 0.5) is 11.4 Å². The fourth-order valence-corrected chi connectivity index (χ4v) is 4.65. The third kappa shape index (κ3) is 4.24. The second-order valence-electron chi connectivity index (χ2n) is 8.41. The number of hydrogen-bond acceptors (Lipinski definition) is 5. The Labute approximate surface area is 201 Å². The topological polar surface area (TPSA) is 84.8 Å². The van der Waals surface area contributed by atoms with Crippen LogP contribution >= 0.6 is 11.6 Å². The Balaban J connectivity index is 1.40. The van der Waals surface area contributed by atoms with Crippen molar-refractivity contribution in [2.45, 2.75) is 13.5 Å². The molecule has 0 N–H and O–H groups in total. The van der Waals surface area contributed by atoms with E-state index in [9.17, 15) is 14.9 Å². The number of non-ortho nitro benzene ring substituents is 1. The minimum atomic E-state index is -0.414. The van der Waals surface area contributed by atoms with E-state index in [0.29, 0.717) is 49.0 Å². The molecule has 5 rings (SSSR count). The molecule has 0 atom stereocenters. The van der Waals surface area contributed by atoms with E-state index in [-0.39, 0.29) is 11.6 Å². The summed E-state index contributed by atoms with van der Waals surface area (Å²) in [6.45, 7) is 4.74. The summed E-state index contributed by atoms with van der Waals surface area (Å²) in [5.41, 5.74) is 3.74. The smallest absolute Gasteiger partial charge is 0.270 e. The first kappa shape index (κ1) is 22.0. The first-order valence-corrected chi connectivity index (χ1v) is 11.4.